The fourth-order valence-electron chi connectivity index (χ4n) is 5.00. The minimum Gasteiger partial charge on any atom is -0.493 e. The van der Waals surface area contributed by atoms with Crippen LogP contribution in [0, 0.1) is 5.41 Å². The van der Waals surface area contributed by atoms with Crippen molar-refractivity contribution in [3.8, 4) is 5.75 Å². The predicted molar refractivity (Wildman–Crippen MR) is 160 cm³/mol. The number of nitrogens with zero attached hydrogens (tertiary/aromatic N) is 4. The highest BCUT2D eigenvalue weighted by atomic mass is 32.1. The predicted octanol–water partition coefficient (Wildman–Crippen LogP) is 4.21. The van der Waals surface area contributed by atoms with Gasteiger partial charge in [-0.25, -0.2) is 4.98 Å². The van der Waals surface area contributed by atoms with Crippen LogP contribution in [0.4, 0.5) is 11.4 Å². The van der Waals surface area contributed by atoms with Crippen molar-refractivity contribution in [3.05, 3.63) is 69.2 Å². The fourth-order valence-corrected chi connectivity index (χ4v) is 5.80. The van der Waals surface area contributed by atoms with Crippen LogP contribution in [0.15, 0.2) is 57.4 Å². The largest absolute Gasteiger partial charge is 0.493 e. The Bertz CT molecular complexity index is 1620. The van der Waals surface area contributed by atoms with E-state index in [2.05, 4.69) is 10.3 Å². The molecule has 0 spiro atoms. The lowest BCUT2D eigenvalue weighted by Crippen LogP contribution is -2.47. The maximum Gasteiger partial charge on any atom is 0.294 e. The Morgan fingerprint density at radius 2 is 1.93 bits per heavy atom. The maximum absolute atomic E-state index is 13.0. The number of thiazole rings is 1. The monoisotopic (exact) mass is 577 g/mol. The molecule has 41 heavy (non-hydrogen) atoms. The van der Waals surface area contributed by atoms with E-state index in [0.717, 1.165) is 29.1 Å². The first-order valence-corrected chi connectivity index (χ1v) is 14.7. The van der Waals surface area contributed by atoms with Gasteiger partial charge in [0, 0.05) is 56.1 Å². The first kappa shape index (κ1) is 28.6. The highest BCUT2D eigenvalue weighted by molar-refractivity contribution is 7.09. The van der Waals surface area contributed by atoms with Crippen LogP contribution in [0.25, 0.3) is 11.0 Å². The number of aromatic nitrogens is 2. The summed E-state index contributed by atoms with van der Waals surface area (Å²) < 4.78 is 12.9. The molecular weight excluding hydrogens is 542 g/mol. The van der Waals surface area contributed by atoms with Crippen LogP contribution < -0.4 is 25.4 Å². The van der Waals surface area contributed by atoms with E-state index in [1.165, 1.54) is 6.26 Å². The van der Waals surface area contributed by atoms with Crippen LogP contribution in [-0.4, -0.2) is 48.1 Å². The molecule has 5 rings (SSSR count). The van der Waals surface area contributed by atoms with Gasteiger partial charge >= 0.3 is 0 Å². The van der Waals surface area contributed by atoms with Crippen LogP contribution in [0.3, 0.4) is 0 Å². The lowest BCUT2D eigenvalue weighted by Gasteiger charge is -2.27. The molecule has 4 heterocycles. The number of benzene rings is 1. The van der Waals surface area contributed by atoms with E-state index in [4.69, 9.17) is 9.15 Å². The van der Waals surface area contributed by atoms with Gasteiger partial charge in [0.1, 0.15) is 16.2 Å². The number of fused-ring (bicyclic) bond motifs is 2. The Morgan fingerprint density at radius 3 is 2.73 bits per heavy atom. The zero-order chi connectivity index (χ0) is 29.1. The van der Waals surface area contributed by atoms with Gasteiger partial charge in [-0.2, -0.15) is 0 Å². The number of hydrogen-bond donors (Lipinski definition) is 1. The molecule has 1 aromatic carbocycles. The van der Waals surface area contributed by atoms with Crippen molar-refractivity contribution in [1.82, 2.24) is 14.9 Å². The molecule has 11 heteroatoms. The molecule has 0 bridgehead atoms. The van der Waals surface area contributed by atoms with Gasteiger partial charge in [0.25, 0.3) is 5.56 Å². The third kappa shape index (κ3) is 5.77. The van der Waals surface area contributed by atoms with E-state index >= 15 is 0 Å². The van der Waals surface area contributed by atoms with Gasteiger partial charge in [-0.1, -0.05) is 0 Å². The molecule has 2 amide bonds. The van der Waals surface area contributed by atoms with Crippen molar-refractivity contribution in [1.29, 1.82) is 0 Å². The first-order valence-electron chi connectivity index (χ1n) is 13.8. The topological polar surface area (TPSA) is 110 Å². The number of carbonyl (C=O) groups is 2. The molecule has 1 aliphatic rings. The number of nitrogens with one attached hydrogen (secondary N) is 1. The number of hydrogen-bond acceptors (Lipinski definition) is 8. The molecule has 1 N–H and O–H groups in total. The summed E-state index contributed by atoms with van der Waals surface area (Å²) in [5.41, 5.74) is 1.45. The Labute approximate surface area is 242 Å². The second kappa shape index (κ2) is 11.9. The van der Waals surface area contributed by atoms with Gasteiger partial charge in [0.15, 0.2) is 5.58 Å². The van der Waals surface area contributed by atoms with Gasteiger partial charge in [0.05, 0.1) is 29.9 Å². The summed E-state index contributed by atoms with van der Waals surface area (Å²) in [5.74, 6) is 0.210. The van der Waals surface area contributed by atoms with E-state index in [0.29, 0.717) is 55.4 Å². The molecular formula is C30H35N5O5S. The van der Waals surface area contributed by atoms with Crippen molar-refractivity contribution in [3.63, 3.8) is 0 Å². The standard InChI is InChI=1S/C30H35N5O5S/c1-5-35-23-8-7-22(17-24(23)33(4)28(37)30(2,3)29(35)38)39-15-6-12-31-18-25-32-21(19-41-25)10-14-34-13-9-20-11-16-40-26(20)27(34)36/h7-9,11,13,16-17,19,31H,5-6,10,12,14-15,18H2,1-4H3. The molecule has 0 saturated carbocycles. The number of carbonyl (C=O) groups excluding carboxylic acids is 2. The maximum atomic E-state index is 13.0. The van der Waals surface area contributed by atoms with E-state index in [-0.39, 0.29) is 17.4 Å². The van der Waals surface area contributed by atoms with Crippen molar-refractivity contribution in [2.75, 3.05) is 36.5 Å². The van der Waals surface area contributed by atoms with E-state index in [1.54, 1.807) is 58.9 Å². The molecule has 0 radical (unpaired) electrons. The van der Waals surface area contributed by atoms with Gasteiger partial charge in [-0.3, -0.25) is 14.4 Å². The molecule has 0 fully saturated rings. The average Bonchev–Trinajstić information content (AvgIpc) is 3.63. The number of ether oxygens (including phenoxy) is 1. The minimum absolute atomic E-state index is 0.125. The third-order valence-corrected chi connectivity index (χ3v) is 8.27. The smallest absolute Gasteiger partial charge is 0.294 e. The molecule has 1 aliphatic heterocycles. The van der Waals surface area contributed by atoms with Crippen LogP contribution in [0.2, 0.25) is 0 Å². The third-order valence-electron chi connectivity index (χ3n) is 7.37. The fraction of sp³-hybridized carbons (Fsp3) is 0.400. The van der Waals surface area contributed by atoms with Crippen molar-refractivity contribution < 1.29 is 18.7 Å². The molecule has 0 saturated heterocycles. The van der Waals surface area contributed by atoms with Crippen LogP contribution >= 0.6 is 11.3 Å². The zero-order valence-corrected chi connectivity index (χ0v) is 24.6. The number of furan rings is 1. The summed E-state index contributed by atoms with van der Waals surface area (Å²) in [6.45, 7) is 8.18. The zero-order valence-electron chi connectivity index (χ0n) is 23.8. The molecule has 4 aromatic rings. The van der Waals surface area contributed by atoms with Gasteiger partial charge in [-0.05, 0) is 58.0 Å². The lowest BCUT2D eigenvalue weighted by atomic mass is 9.90. The van der Waals surface area contributed by atoms with Crippen LogP contribution in [0.1, 0.15) is 37.9 Å². The summed E-state index contributed by atoms with van der Waals surface area (Å²) in [6.07, 6.45) is 4.78. The van der Waals surface area contributed by atoms with Crippen molar-refractivity contribution in [2.24, 2.45) is 5.41 Å². The van der Waals surface area contributed by atoms with Crippen LogP contribution in [-0.2, 0) is 29.1 Å². The van der Waals surface area contributed by atoms with Crippen LogP contribution in [0.5, 0.6) is 5.75 Å². The summed E-state index contributed by atoms with van der Waals surface area (Å²) in [5, 5.41) is 7.24. The summed E-state index contributed by atoms with van der Waals surface area (Å²) in [4.78, 5) is 46.5. The molecule has 216 valence electrons. The van der Waals surface area contributed by atoms with Gasteiger partial charge < -0.3 is 28.8 Å². The molecule has 0 unspecified atom stereocenters. The van der Waals surface area contributed by atoms with Crippen molar-refractivity contribution >= 4 is 45.5 Å². The molecule has 10 nitrogen and oxygen atoms in total. The van der Waals surface area contributed by atoms with Gasteiger partial charge in [-0.15, -0.1) is 11.3 Å². The second-order valence-electron chi connectivity index (χ2n) is 10.6. The molecule has 0 atom stereocenters. The average molecular weight is 578 g/mol. The molecule has 0 aliphatic carbocycles. The summed E-state index contributed by atoms with van der Waals surface area (Å²) in [7, 11) is 1.70. The first-order chi connectivity index (χ1) is 19.7. The SMILES string of the molecule is CCN1C(=O)C(C)(C)C(=O)N(C)c2cc(OCCCNCc3nc(CCn4ccc5ccoc5c4=O)cs3)ccc21. The number of aryl methyl sites for hydroxylation is 2. The lowest BCUT2D eigenvalue weighted by molar-refractivity contribution is -0.137. The summed E-state index contributed by atoms with van der Waals surface area (Å²) in [6, 6.07) is 9.19. The highest BCUT2D eigenvalue weighted by Crippen LogP contribution is 2.40. The minimum atomic E-state index is -1.14. The van der Waals surface area contributed by atoms with E-state index in [1.807, 2.05) is 36.6 Å². The number of pyridine rings is 1. The molecule has 3 aromatic heterocycles. The van der Waals surface area contributed by atoms with E-state index < -0.39 is 5.41 Å². The van der Waals surface area contributed by atoms with E-state index in [9.17, 15) is 14.4 Å². The Morgan fingerprint density at radius 1 is 1.10 bits per heavy atom. The Balaban J connectivity index is 1.08. The van der Waals surface area contributed by atoms with Crippen molar-refractivity contribution in [2.45, 2.75) is 46.7 Å². The second-order valence-corrected chi connectivity index (χ2v) is 11.5. The normalized spacial score (nSPS) is 14.9. The Hall–Kier alpha value is -3.96. The highest BCUT2D eigenvalue weighted by Gasteiger charge is 2.45. The number of amides is 2. The number of rotatable bonds is 11. The Kier molecular flexibility index (Phi) is 8.27. The van der Waals surface area contributed by atoms with Gasteiger partial charge in [0.2, 0.25) is 11.8 Å². The number of anilines is 2. The quantitative estimate of drug-likeness (QED) is 0.210. The summed E-state index contributed by atoms with van der Waals surface area (Å²) >= 11 is 1.60.